The molecule has 0 aromatic heterocycles. The molecule has 0 aromatic carbocycles. The number of hydrogen-bond donors (Lipinski definition) is 2. The molecule has 1 amide bonds. The molecule has 206 valence electrons. The van der Waals surface area contributed by atoms with Crippen molar-refractivity contribution in [2.45, 2.75) is 118 Å². The van der Waals surface area contributed by atoms with Crippen LogP contribution in [0.4, 0.5) is 0 Å². The molecule has 4 aliphatic rings. The van der Waals surface area contributed by atoms with Gasteiger partial charge < -0.3 is 5.11 Å². The van der Waals surface area contributed by atoms with Gasteiger partial charge in [-0.05, 0) is 98.2 Å². The molecule has 8 atom stereocenters. The Labute approximate surface area is 222 Å². The summed E-state index contributed by atoms with van der Waals surface area (Å²) < 4.78 is 0.402. The summed E-state index contributed by atoms with van der Waals surface area (Å²) in [4.78, 5) is 13.2. The van der Waals surface area contributed by atoms with Crippen LogP contribution in [-0.2, 0) is 4.79 Å². The lowest BCUT2D eigenvalue weighted by Gasteiger charge is -2.59. The van der Waals surface area contributed by atoms with Gasteiger partial charge in [0.25, 0.3) is 5.91 Å². The van der Waals surface area contributed by atoms with Gasteiger partial charge in [0.05, 0.1) is 20.6 Å². The number of allylic oxidation sites excluding steroid dienone is 1. The molecule has 0 bridgehead atoms. The molecule has 0 spiro atoms. The number of carbonyl (C=O) groups is 1. The monoisotopic (exact) mass is 501 g/mol. The fourth-order valence-electron chi connectivity index (χ4n) is 9.32. The van der Waals surface area contributed by atoms with E-state index in [0.717, 1.165) is 49.0 Å². The fourth-order valence-corrected chi connectivity index (χ4v) is 9.32. The van der Waals surface area contributed by atoms with Crippen LogP contribution in [0.25, 0.3) is 0 Å². The van der Waals surface area contributed by atoms with E-state index in [1.54, 1.807) is 0 Å². The molecule has 4 heteroatoms. The summed E-state index contributed by atoms with van der Waals surface area (Å²) in [7, 11) is 3.97. The Morgan fingerprint density at radius 2 is 1.81 bits per heavy atom. The first-order chi connectivity index (χ1) is 16.8. The van der Waals surface area contributed by atoms with Crippen molar-refractivity contribution in [2.75, 3.05) is 20.6 Å². The fraction of sp³-hybridized carbons (Fsp3) is 0.906. The van der Waals surface area contributed by atoms with Crippen LogP contribution < -0.4 is 5.43 Å². The molecular formula is C32H57N2O2+. The molecular weight excluding hydrogens is 444 g/mol. The minimum Gasteiger partial charge on any atom is -0.379 e. The van der Waals surface area contributed by atoms with Crippen LogP contribution >= 0.6 is 0 Å². The van der Waals surface area contributed by atoms with E-state index < -0.39 is 5.60 Å². The highest BCUT2D eigenvalue weighted by Gasteiger charge is 2.60. The summed E-state index contributed by atoms with van der Waals surface area (Å²) in [6.45, 7) is 15.2. The average molecular weight is 502 g/mol. The summed E-state index contributed by atoms with van der Waals surface area (Å²) in [5, 5.41) is 11.5. The largest absolute Gasteiger partial charge is 0.379 e. The standard InChI is InChI=1S/C32H56N2O2/c1-9-34(7,8)33-29(35)32(36)20-19-30(5)24(21-32)13-14-25-27-16-15-26(23(4)12-10-11-22(2)3)31(27,6)18-17-28(25)30/h13,22-23,25-28,36H,9-12,14-21H2,1-8H3/p+1/t23-,25+,26-,27+,28+,30+,31-,32?/m1/s1. The van der Waals surface area contributed by atoms with Crippen LogP contribution in [0.1, 0.15) is 112 Å². The van der Waals surface area contributed by atoms with Gasteiger partial charge in [-0.1, -0.05) is 65.5 Å². The Bertz CT molecular complexity index is 849. The normalized spacial score (nSPS) is 41.2. The van der Waals surface area contributed by atoms with Crippen molar-refractivity contribution in [3.05, 3.63) is 11.6 Å². The second-order valence-corrected chi connectivity index (χ2v) is 14.9. The Kier molecular flexibility index (Phi) is 7.84. The Morgan fingerprint density at radius 3 is 2.47 bits per heavy atom. The third kappa shape index (κ3) is 4.95. The predicted molar refractivity (Wildman–Crippen MR) is 149 cm³/mol. The van der Waals surface area contributed by atoms with E-state index >= 15 is 0 Å². The van der Waals surface area contributed by atoms with Gasteiger partial charge in [-0.15, -0.1) is 0 Å². The summed E-state index contributed by atoms with van der Waals surface area (Å²) in [5.41, 5.74) is 3.82. The number of carbonyl (C=O) groups excluding carboxylic acids is 1. The van der Waals surface area contributed by atoms with Crippen LogP contribution in [-0.4, -0.2) is 41.8 Å². The molecule has 4 aliphatic carbocycles. The van der Waals surface area contributed by atoms with Gasteiger partial charge in [-0.25, -0.2) is 4.59 Å². The van der Waals surface area contributed by atoms with E-state index in [4.69, 9.17) is 0 Å². The number of fused-ring (bicyclic) bond motifs is 5. The zero-order valence-electron chi connectivity index (χ0n) is 24.8. The highest BCUT2D eigenvalue weighted by atomic mass is 16.3. The Hall–Kier alpha value is -0.870. The second kappa shape index (κ2) is 10.0. The third-order valence-electron chi connectivity index (χ3n) is 12.0. The number of nitrogens with zero attached hydrogens (tertiary/aromatic N) is 1. The zero-order chi connectivity index (χ0) is 26.5. The maximum atomic E-state index is 13.2. The third-order valence-corrected chi connectivity index (χ3v) is 12.0. The zero-order valence-corrected chi connectivity index (χ0v) is 24.8. The molecule has 2 N–H and O–H groups in total. The molecule has 3 saturated carbocycles. The summed E-state index contributed by atoms with van der Waals surface area (Å²) >= 11 is 0. The van der Waals surface area contributed by atoms with Crippen molar-refractivity contribution in [2.24, 2.45) is 46.3 Å². The first-order valence-electron chi connectivity index (χ1n) is 15.3. The van der Waals surface area contributed by atoms with E-state index in [1.165, 1.54) is 50.5 Å². The van der Waals surface area contributed by atoms with Gasteiger partial charge in [0.2, 0.25) is 0 Å². The second-order valence-electron chi connectivity index (χ2n) is 14.9. The van der Waals surface area contributed by atoms with Crippen LogP contribution in [0, 0.1) is 46.3 Å². The van der Waals surface area contributed by atoms with Crippen molar-refractivity contribution in [3.8, 4) is 0 Å². The van der Waals surface area contributed by atoms with E-state index in [0.29, 0.717) is 28.8 Å². The van der Waals surface area contributed by atoms with E-state index in [9.17, 15) is 9.90 Å². The van der Waals surface area contributed by atoms with Gasteiger partial charge in [0.15, 0.2) is 5.60 Å². The molecule has 0 radical (unpaired) electrons. The number of quaternary nitrogens is 1. The van der Waals surface area contributed by atoms with E-state index in [-0.39, 0.29) is 11.3 Å². The van der Waals surface area contributed by atoms with Crippen LogP contribution in [0.3, 0.4) is 0 Å². The molecule has 4 nitrogen and oxygen atoms in total. The molecule has 36 heavy (non-hydrogen) atoms. The maximum absolute atomic E-state index is 13.2. The maximum Gasteiger partial charge on any atom is 0.297 e. The quantitative estimate of drug-likeness (QED) is 0.216. The molecule has 3 fully saturated rings. The van der Waals surface area contributed by atoms with Crippen LogP contribution in [0.2, 0.25) is 0 Å². The molecule has 4 rings (SSSR count). The first kappa shape index (κ1) is 28.1. The summed E-state index contributed by atoms with van der Waals surface area (Å²) in [6, 6.07) is 0. The van der Waals surface area contributed by atoms with Crippen molar-refractivity contribution in [3.63, 3.8) is 0 Å². The number of nitrogens with one attached hydrogen (secondary N) is 1. The van der Waals surface area contributed by atoms with Crippen LogP contribution in [0.5, 0.6) is 0 Å². The lowest BCUT2D eigenvalue weighted by atomic mass is 9.46. The molecule has 0 heterocycles. The Balaban J connectivity index is 1.48. The number of amides is 1. The topological polar surface area (TPSA) is 49.3 Å². The van der Waals surface area contributed by atoms with Crippen LogP contribution in [0.15, 0.2) is 11.6 Å². The van der Waals surface area contributed by atoms with Crippen molar-refractivity contribution < 1.29 is 14.5 Å². The van der Waals surface area contributed by atoms with E-state index in [2.05, 4.69) is 53.0 Å². The van der Waals surface area contributed by atoms with Gasteiger partial charge in [0.1, 0.15) is 0 Å². The summed E-state index contributed by atoms with van der Waals surface area (Å²) in [6.07, 6.45) is 15.3. The molecule has 1 unspecified atom stereocenters. The minimum atomic E-state index is -1.27. The van der Waals surface area contributed by atoms with E-state index in [1.807, 2.05) is 14.1 Å². The number of aliphatic hydroxyl groups is 1. The lowest BCUT2D eigenvalue weighted by molar-refractivity contribution is -0.923. The van der Waals surface area contributed by atoms with Crippen molar-refractivity contribution in [1.82, 2.24) is 5.43 Å². The summed E-state index contributed by atoms with van der Waals surface area (Å²) in [5.74, 6) is 4.68. The van der Waals surface area contributed by atoms with Gasteiger partial charge in [0, 0.05) is 6.42 Å². The highest BCUT2D eigenvalue weighted by molar-refractivity contribution is 5.84. The number of hydrogen-bond acceptors (Lipinski definition) is 2. The van der Waals surface area contributed by atoms with Gasteiger partial charge >= 0.3 is 0 Å². The molecule has 0 aliphatic heterocycles. The molecule has 0 aromatic rings. The van der Waals surface area contributed by atoms with Gasteiger partial charge in [-0.3, -0.25) is 4.79 Å². The SMILES string of the molecule is CC[N+](C)(C)NC(=O)C1(O)CC[C@@]2(C)C(=CC[C@H]3[C@@H]4CC[C@H]([C@H](C)CCCC(C)C)[C@@]4(C)CC[C@@H]32)C1. The average Bonchev–Trinajstić information content (AvgIpc) is 3.16. The smallest absolute Gasteiger partial charge is 0.297 e. The minimum absolute atomic E-state index is 0.146. The number of rotatable bonds is 8. The lowest BCUT2D eigenvalue weighted by Crippen LogP contribution is -2.62. The molecule has 0 saturated heterocycles. The highest BCUT2D eigenvalue weighted by Crippen LogP contribution is 2.67. The van der Waals surface area contributed by atoms with Crippen molar-refractivity contribution >= 4 is 5.91 Å². The predicted octanol–water partition coefficient (Wildman–Crippen LogP) is 6.89. The first-order valence-corrected chi connectivity index (χ1v) is 15.3. The van der Waals surface area contributed by atoms with Crippen molar-refractivity contribution in [1.29, 1.82) is 0 Å². The van der Waals surface area contributed by atoms with Gasteiger partial charge in [-0.2, -0.15) is 5.43 Å². The Morgan fingerprint density at radius 1 is 1.08 bits per heavy atom.